The number of ketones is 1. The Morgan fingerprint density at radius 3 is 2.59 bits per heavy atom. The number of pyridine rings is 1. The number of aryl methyl sites for hydroxylation is 2. The largest absolute Gasteiger partial charge is 0.494 e. The number of hydrogen-bond donors (Lipinski definition) is 2. The molecule has 182 valence electrons. The van der Waals surface area contributed by atoms with Crippen molar-refractivity contribution in [3.8, 4) is 16.3 Å². The molecule has 2 N–H and O–H groups in total. The molecule has 0 saturated carbocycles. The summed E-state index contributed by atoms with van der Waals surface area (Å²) in [6, 6.07) is 21.3. The summed E-state index contributed by atoms with van der Waals surface area (Å²) in [5, 5.41) is 3.13. The van der Waals surface area contributed by atoms with Crippen molar-refractivity contribution in [2.45, 2.75) is 13.8 Å². The highest BCUT2D eigenvalue weighted by Gasteiger charge is 2.24. The Morgan fingerprint density at radius 1 is 1.00 bits per heavy atom. The molecule has 0 atom stereocenters. The average molecular weight is 505 g/mol. The van der Waals surface area contributed by atoms with Crippen molar-refractivity contribution in [1.82, 2.24) is 15.0 Å². The number of para-hydroxylation sites is 1. The van der Waals surface area contributed by atoms with Crippen LogP contribution in [0.2, 0.25) is 0 Å². The molecule has 0 saturated heterocycles. The standard InChI is InChI=1S/C30H24N4O2S/c1-17-14-18(2)32-22(17)15-23-25(36-3)16-24(33-23)29-28(19-8-4-5-9-20(19)34-29)30(35)27-12-11-26(37-27)21-10-6-7-13-31-21/h4-16,32-33H,1-3H3/b23-15-,29-24?. The van der Waals surface area contributed by atoms with E-state index in [0.29, 0.717) is 21.9 Å². The first-order valence-electron chi connectivity index (χ1n) is 11.9. The highest BCUT2D eigenvalue weighted by atomic mass is 32.1. The van der Waals surface area contributed by atoms with Crippen LogP contribution in [0.5, 0.6) is 5.75 Å². The zero-order valence-electron chi connectivity index (χ0n) is 20.6. The van der Waals surface area contributed by atoms with E-state index in [4.69, 9.17) is 9.73 Å². The summed E-state index contributed by atoms with van der Waals surface area (Å²) < 4.78 is 5.68. The van der Waals surface area contributed by atoms with Gasteiger partial charge in [0, 0.05) is 28.9 Å². The van der Waals surface area contributed by atoms with E-state index in [1.807, 2.05) is 73.7 Å². The third kappa shape index (κ3) is 4.13. The molecule has 0 spiro atoms. The number of fused-ring (bicyclic) bond motifs is 1. The van der Waals surface area contributed by atoms with Crippen LogP contribution >= 0.6 is 11.3 Å². The molecular formula is C30H24N4O2S. The number of aromatic nitrogens is 3. The number of nitrogens with zero attached hydrogens (tertiary/aromatic N) is 2. The van der Waals surface area contributed by atoms with E-state index in [1.54, 1.807) is 13.3 Å². The third-order valence-corrected chi connectivity index (χ3v) is 7.49. The summed E-state index contributed by atoms with van der Waals surface area (Å²) in [4.78, 5) is 31.7. The van der Waals surface area contributed by atoms with Crippen molar-refractivity contribution >= 4 is 34.5 Å². The lowest BCUT2D eigenvalue weighted by Crippen LogP contribution is -2.24. The van der Waals surface area contributed by atoms with Gasteiger partial charge in [0.2, 0.25) is 5.78 Å². The monoisotopic (exact) mass is 504 g/mol. The van der Waals surface area contributed by atoms with E-state index in [9.17, 15) is 4.79 Å². The van der Waals surface area contributed by atoms with Gasteiger partial charge in [-0.05, 0) is 61.9 Å². The Morgan fingerprint density at radius 2 is 1.84 bits per heavy atom. The smallest absolute Gasteiger partial charge is 0.205 e. The van der Waals surface area contributed by atoms with Crippen molar-refractivity contribution < 1.29 is 9.53 Å². The maximum atomic E-state index is 14.0. The highest BCUT2D eigenvalue weighted by molar-refractivity contribution is 7.17. The van der Waals surface area contributed by atoms with E-state index in [0.717, 1.165) is 48.8 Å². The first-order valence-corrected chi connectivity index (χ1v) is 12.7. The van der Waals surface area contributed by atoms with Crippen LogP contribution in [0.15, 0.2) is 77.9 Å². The molecule has 0 unspecified atom stereocenters. The molecule has 1 aromatic carbocycles. The molecule has 4 aromatic heterocycles. The fourth-order valence-electron chi connectivity index (χ4n) is 4.64. The van der Waals surface area contributed by atoms with Gasteiger partial charge >= 0.3 is 0 Å². The number of aromatic amines is 2. The van der Waals surface area contributed by atoms with Crippen LogP contribution in [0.3, 0.4) is 0 Å². The predicted octanol–water partition coefficient (Wildman–Crippen LogP) is 3.40. The normalized spacial score (nSPS) is 14.6. The number of nitrogens with one attached hydrogen (secondary N) is 2. The maximum Gasteiger partial charge on any atom is 0.205 e. The lowest BCUT2D eigenvalue weighted by Gasteiger charge is -2.01. The fraction of sp³-hybridized carbons (Fsp3) is 0.100. The molecule has 0 aliphatic carbocycles. The number of Topliss-reactive ketones (excluding diaryl/α,β-unsaturated/α-hetero) is 1. The minimum absolute atomic E-state index is 0.0641. The molecule has 6 rings (SSSR count). The van der Waals surface area contributed by atoms with Crippen molar-refractivity contribution in [2.24, 2.45) is 4.99 Å². The highest BCUT2D eigenvalue weighted by Crippen LogP contribution is 2.30. The van der Waals surface area contributed by atoms with Crippen molar-refractivity contribution in [3.05, 3.63) is 116 Å². The van der Waals surface area contributed by atoms with Crippen LogP contribution in [0, 0.1) is 13.8 Å². The third-order valence-electron chi connectivity index (χ3n) is 6.38. The molecule has 0 bridgehead atoms. The number of H-pyrrole nitrogens is 2. The second-order valence-electron chi connectivity index (χ2n) is 8.92. The van der Waals surface area contributed by atoms with Gasteiger partial charge in [0.1, 0.15) is 5.75 Å². The van der Waals surface area contributed by atoms with Gasteiger partial charge < -0.3 is 14.7 Å². The van der Waals surface area contributed by atoms with Gasteiger partial charge in [-0.15, -0.1) is 11.3 Å². The molecule has 5 heterocycles. The molecule has 5 aromatic rings. The Hall–Kier alpha value is -4.49. The summed E-state index contributed by atoms with van der Waals surface area (Å²) in [6.07, 6.45) is 3.78. The van der Waals surface area contributed by atoms with Gasteiger partial charge in [0.15, 0.2) is 0 Å². The topological polar surface area (TPSA) is 83.1 Å². The van der Waals surface area contributed by atoms with Crippen LogP contribution < -0.4 is 26.0 Å². The summed E-state index contributed by atoms with van der Waals surface area (Å²) in [5.41, 5.74) is 5.27. The lowest BCUT2D eigenvalue weighted by molar-refractivity contribution is 0.106. The second-order valence-corrected chi connectivity index (χ2v) is 10.0. The van der Waals surface area contributed by atoms with Gasteiger partial charge in [-0.3, -0.25) is 9.78 Å². The molecular weight excluding hydrogens is 480 g/mol. The van der Waals surface area contributed by atoms with Gasteiger partial charge in [0.25, 0.3) is 0 Å². The first kappa shape index (κ1) is 22.9. The molecule has 37 heavy (non-hydrogen) atoms. The molecule has 0 radical (unpaired) electrons. The summed E-state index contributed by atoms with van der Waals surface area (Å²) in [5.74, 6) is 0.617. The Kier molecular flexibility index (Phi) is 5.70. The average Bonchev–Trinajstić information content (AvgIpc) is 3.69. The zero-order chi connectivity index (χ0) is 25.5. The Balaban J connectivity index is 1.53. The van der Waals surface area contributed by atoms with E-state index in [-0.39, 0.29) is 5.78 Å². The van der Waals surface area contributed by atoms with Gasteiger partial charge in [-0.1, -0.05) is 24.3 Å². The minimum atomic E-state index is -0.0641. The van der Waals surface area contributed by atoms with E-state index in [2.05, 4.69) is 27.9 Å². The van der Waals surface area contributed by atoms with Crippen molar-refractivity contribution in [1.29, 1.82) is 0 Å². The fourth-order valence-corrected chi connectivity index (χ4v) is 5.57. The van der Waals surface area contributed by atoms with E-state index in [1.165, 1.54) is 11.3 Å². The molecule has 0 fully saturated rings. The van der Waals surface area contributed by atoms with Crippen LogP contribution in [-0.2, 0) is 0 Å². The zero-order valence-corrected chi connectivity index (χ0v) is 21.4. The number of carbonyl (C=O) groups is 1. The number of rotatable bonds is 5. The van der Waals surface area contributed by atoms with Crippen LogP contribution in [0.1, 0.15) is 26.6 Å². The van der Waals surface area contributed by atoms with Crippen molar-refractivity contribution in [3.63, 3.8) is 0 Å². The number of hydrogen-bond acceptors (Lipinski definition) is 5. The summed E-state index contributed by atoms with van der Waals surface area (Å²) in [7, 11) is 1.64. The maximum absolute atomic E-state index is 14.0. The number of benzene rings is 1. The molecule has 7 heteroatoms. The van der Waals surface area contributed by atoms with Crippen LogP contribution in [0.25, 0.3) is 27.9 Å². The predicted molar refractivity (Wildman–Crippen MR) is 146 cm³/mol. The van der Waals surface area contributed by atoms with E-state index >= 15 is 0 Å². The Labute approximate surface area is 217 Å². The number of thiophene rings is 1. The number of carbonyl (C=O) groups excluding carboxylic acids is 1. The van der Waals surface area contributed by atoms with Gasteiger partial charge in [-0.2, -0.15) is 0 Å². The number of methoxy groups -OCH3 is 1. The SMILES string of the molecule is COc1cc(=C2N=c3ccccc3=C2C(=O)c2ccc(-c3ccccn3)s2)[nH]/c1=C\c1[nH]c(C)cc1C. The second kappa shape index (κ2) is 9.19. The lowest BCUT2D eigenvalue weighted by atomic mass is 10.0. The quantitative estimate of drug-likeness (QED) is 0.360. The van der Waals surface area contributed by atoms with E-state index < -0.39 is 0 Å². The molecule has 1 aliphatic rings. The first-order chi connectivity index (χ1) is 18.0. The van der Waals surface area contributed by atoms with Crippen LogP contribution in [0.4, 0.5) is 0 Å². The van der Waals surface area contributed by atoms with Crippen molar-refractivity contribution in [2.75, 3.05) is 7.11 Å². The van der Waals surface area contributed by atoms with Gasteiger partial charge in [0.05, 0.1) is 49.9 Å². The number of ether oxygens (including phenoxy) is 1. The molecule has 0 amide bonds. The summed E-state index contributed by atoms with van der Waals surface area (Å²) >= 11 is 1.44. The Bertz CT molecular complexity index is 1910. The minimum Gasteiger partial charge on any atom is -0.494 e. The van der Waals surface area contributed by atoms with Gasteiger partial charge in [-0.25, -0.2) is 4.99 Å². The summed E-state index contributed by atoms with van der Waals surface area (Å²) in [6.45, 7) is 4.09. The molecule has 1 aliphatic heterocycles. The molecule has 6 nitrogen and oxygen atoms in total. The van der Waals surface area contributed by atoms with Crippen LogP contribution in [-0.4, -0.2) is 27.8 Å².